The number of hydrogen-bond acceptors (Lipinski definition) is 6. The van der Waals surface area contributed by atoms with Crippen LogP contribution in [0.3, 0.4) is 0 Å². The molecule has 4 aromatic heterocycles. The highest BCUT2D eigenvalue weighted by Gasteiger charge is 2.03. The second-order valence-electron chi connectivity index (χ2n) is 3.71. The summed E-state index contributed by atoms with van der Waals surface area (Å²) in [7, 11) is 0. The fourth-order valence-corrected chi connectivity index (χ4v) is 1.63. The molecule has 94 valence electrons. The molecule has 4 heterocycles. The number of aromatic amines is 1. The smallest absolute Gasteiger partial charge is 0.200 e. The number of fused-ring (bicyclic) bond motifs is 2. The van der Waals surface area contributed by atoms with Gasteiger partial charge in [-0.1, -0.05) is 0 Å². The van der Waals surface area contributed by atoms with E-state index in [2.05, 4.69) is 29.3 Å². The second kappa shape index (κ2) is 4.73. The van der Waals surface area contributed by atoms with Crippen LogP contribution in [0.25, 0.3) is 22.2 Å². The lowest BCUT2D eigenvalue weighted by Gasteiger charge is -1.93. The quantitative estimate of drug-likeness (QED) is 0.495. The van der Waals surface area contributed by atoms with Gasteiger partial charge in [0.05, 0.1) is 11.7 Å². The van der Waals surface area contributed by atoms with Gasteiger partial charge >= 0.3 is 0 Å². The maximum atomic E-state index is 5.53. The Morgan fingerprint density at radius 3 is 2.84 bits per heavy atom. The Hall–Kier alpha value is -2.96. The number of nitrogens with two attached hydrogens (primary N) is 1. The zero-order valence-corrected chi connectivity index (χ0v) is 9.82. The van der Waals surface area contributed by atoms with Gasteiger partial charge in [-0.15, -0.1) is 0 Å². The molecular weight excluding hydrogens is 244 g/mol. The molecule has 0 unspecified atom stereocenters. The first kappa shape index (κ1) is 11.1. The van der Waals surface area contributed by atoms with Crippen LogP contribution in [0.4, 0.5) is 5.95 Å². The van der Waals surface area contributed by atoms with Gasteiger partial charge in [0.1, 0.15) is 6.26 Å². The van der Waals surface area contributed by atoms with Crippen LogP contribution in [0.2, 0.25) is 0 Å². The standard InChI is InChI=1S/C9H7N5.C3H3NO/c10-9-12-6-4-5-2-1-3-11-7(5)13-8(6)14-9;1-2-5-3-4-1/h1-4H,(H3,10,11,12,13,14);1-3H. The van der Waals surface area contributed by atoms with E-state index in [1.807, 2.05) is 18.2 Å². The van der Waals surface area contributed by atoms with E-state index >= 15 is 0 Å². The minimum Gasteiger partial charge on any atom is -0.452 e. The molecule has 0 bridgehead atoms. The van der Waals surface area contributed by atoms with E-state index in [4.69, 9.17) is 5.73 Å². The van der Waals surface area contributed by atoms with Crippen molar-refractivity contribution in [1.29, 1.82) is 0 Å². The summed E-state index contributed by atoms with van der Waals surface area (Å²) in [5.41, 5.74) is 7.65. The molecule has 0 saturated heterocycles. The van der Waals surface area contributed by atoms with Crippen LogP contribution in [0.15, 0.2) is 47.7 Å². The van der Waals surface area contributed by atoms with Gasteiger partial charge < -0.3 is 15.1 Å². The lowest BCUT2D eigenvalue weighted by Crippen LogP contribution is -1.85. The van der Waals surface area contributed by atoms with Crippen molar-refractivity contribution >= 4 is 28.1 Å². The summed E-state index contributed by atoms with van der Waals surface area (Å²) in [6.45, 7) is 0. The molecule has 4 aromatic rings. The largest absolute Gasteiger partial charge is 0.452 e. The monoisotopic (exact) mass is 254 g/mol. The zero-order valence-electron chi connectivity index (χ0n) is 9.82. The predicted octanol–water partition coefficient (Wildman–Crippen LogP) is 1.76. The average Bonchev–Trinajstić information content (AvgIpc) is 3.07. The van der Waals surface area contributed by atoms with E-state index in [0.29, 0.717) is 17.2 Å². The molecule has 7 nitrogen and oxygen atoms in total. The molecule has 0 saturated carbocycles. The van der Waals surface area contributed by atoms with Crippen molar-refractivity contribution in [2.24, 2.45) is 0 Å². The van der Waals surface area contributed by atoms with Crippen LogP contribution < -0.4 is 5.73 Å². The number of nitrogen functional groups attached to an aromatic ring is 1. The van der Waals surface area contributed by atoms with Crippen LogP contribution >= 0.6 is 0 Å². The first-order chi connectivity index (χ1) is 9.33. The van der Waals surface area contributed by atoms with E-state index in [0.717, 1.165) is 10.9 Å². The maximum Gasteiger partial charge on any atom is 0.200 e. The summed E-state index contributed by atoms with van der Waals surface area (Å²) in [5, 5.41) is 0.976. The summed E-state index contributed by atoms with van der Waals surface area (Å²) in [4.78, 5) is 18.9. The number of hydrogen-bond donors (Lipinski definition) is 2. The van der Waals surface area contributed by atoms with Crippen molar-refractivity contribution in [2.75, 3.05) is 5.73 Å². The summed E-state index contributed by atoms with van der Waals surface area (Å²) in [6, 6.07) is 5.76. The van der Waals surface area contributed by atoms with E-state index < -0.39 is 0 Å². The fraction of sp³-hybridized carbons (Fsp3) is 0. The number of rotatable bonds is 0. The van der Waals surface area contributed by atoms with E-state index in [1.165, 1.54) is 12.7 Å². The molecule has 4 rings (SSSR count). The molecule has 3 N–H and O–H groups in total. The molecule has 0 aliphatic carbocycles. The van der Waals surface area contributed by atoms with Gasteiger partial charge in [0.2, 0.25) is 0 Å². The Bertz CT molecular complexity index is 723. The zero-order chi connectivity index (χ0) is 13.1. The molecule has 7 heteroatoms. The number of nitrogens with one attached hydrogen (secondary N) is 1. The predicted molar refractivity (Wildman–Crippen MR) is 70.1 cm³/mol. The molecule has 0 spiro atoms. The van der Waals surface area contributed by atoms with Crippen molar-refractivity contribution < 1.29 is 4.42 Å². The van der Waals surface area contributed by atoms with Crippen molar-refractivity contribution in [1.82, 2.24) is 24.9 Å². The molecule has 0 atom stereocenters. The summed E-state index contributed by atoms with van der Waals surface area (Å²) >= 11 is 0. The van der Waals surface area contributed by atoms with Crippen LogP contribution in [0, 0.1) is 0 Å². The fourth-order valence-electron chi connectivity index (χ4n) is 1.63. The molecule has 19 heavy (non-hydrogen) atoms. The molecule has 0 aliphatic heterocycles. The highest BCUT2D eigenvalue weighted by Crippen LogP contribution is 2.16. The summed E-state index contributed by atoms with van der Waals surface area (Å²) in [5.74, 6) is 0.378. The molecule has 0 fully saturated rings. The first-order valence-corrected chi connectivity index (χ1v) is 5.52. The van der Waals surface area contributed by atoms with Crippen LogP contribution in [0.1, 0.15) is 0 Å². The Balaban J connectivity index is 0.000000187. The van der Waals surface area contributed by atoms with Crippen LogP contribution in [-0.2, 0) is 0 Å². The number of nitrogens with zero attached hydrogens (tertiary/aromatic N) is 4. The number of oxazole rings is 1. The number of anilines is 1. The van der Waals surface area contributed by atoms with Gasteiger partial charge in [-0.05, 0) is 18.2 Å². The minimum absolute atomic E-state index is 0.378. The summed E-state index contributed by atoms with van der Waals surface area (Å²) < 4.78 is 4.47. The van der Waals surface area contributed by atoms with Gasteiger partial charge in [0.25, 0.3) is 0 Å². The van der Waals surface area contributed by atoms with Gasteiger partial charge in [-0.2, -0.15) is 4.98 Å². The third kappa shape index (κ3) is 2.34. The van der Waals surface area contributed by atoms with Crippen molar-refractivity contribution in [3.8, 4) is 0 Å². The number of H-pyrrole nitrogens is 1. The summed E-state index contributed by atoms with van der Waals surface area (Å²) in [6.07, 6.45) is 6.18. The Labute approximate surface area is 107 Å². The van der Waals surface area contributed by atoms with Gasteiger partial charge in [-0.3, -0.25) is 0 Å². The number of pyridine rings is 2. The Morgan fingerprint density at radius 2 is 2.11 bits per heavy atom. The Morgan fingerprint density at radius 1 is 1.16 bits per heavy atom. The Kier molecular flexibility index (Phi) is 2.77. The van der Waals surface area contributed by atoms with Crippen molar-refractivity contribution in [2.45, 2.75) is 0 Å². The lowest BCUT2D eigenvalue weighted by molar-refractivity contribution is 0.558. The third-order valence-corrected chi connectivity index (χ3v) is 2.41. The van der Waals surface area contributed by atoms with Crippen molar-refractivity contribution in [3.63, 3.8) is 0 Å². The maximum absolute atomic E-state index is 5.53. The molecular formula is C12H10N6O. The highest BCUT2D eigenvalue weighted by molar-refractivity contribution is 5.87. The minimum atomic E-state index is 0.378. The molecule has 0 aliphatic rings. The van der Waals surface area contributed by atoms with E-state index in [-0.39, 0.29) is 0 Å². The van der Waals surface area contributed by atoms with E-state index in [1.54, 1.807) is 12.4 Å². The molecule has 0 aromatic carbocycles. The number of aromatic nitrogens is 5. The van der Waals surface area contributed by atoms with Gasteiger partial charge in [-0.25, -0.2) is 15.0 Å². The van der Waals surface area contributed by atoms with Gasteiger partial charge in [0.15, 0.2) is 23.6 Å². The average molecular weight is 254 g/mol. The molecule has 0 amide bonds. The number of imidazole rings is 1. The normalized spacial score (nSPS) is 10.3. The SMILES string of the molecule is Nc1nc2nc3ncccc3cc2[nH]1.c1cocn1. The third-order valence-electron chi connectivity index (χ3n) is 2.41. The first-order valence-electron chi connectivity index (χ1n) is 5.52. The lowest BCUT2D eigenvalue weighted by atomic mass is 10.3. The molecule has 0 radical (unpaired) electrons. The van der Waals surface area contributed by atoms with Crippen LogP contribution in [0.5, 0.6) is 0 Å². The van der Waals surface area contributed by atoms with Gasteiger partial charge in [0, 0.05) is 11.6 Å². The van der Waals surface area contributed by atoms with E-state index in [9.17, 15) is 0 Å². The highest BCUT2D eigenvalue weighted by atomic mass is 16.3. The second-order valence-corrected chi connectivity index (χ2v) is 3.71. The topological polar surface area (TPSA) is 107 Å². The van der Waals surface area contributed by atoms with Crippen LogP contribution in [-0.4, -0.2) is 24.9 Å². The van der Waals surface area contributed by atoms with Crippen molar-refractivity contribution in [3.05, 3.63) is 43.2 Å².